The predicted octanol–water partition coefficient (Wildman–Crippen LogP) is 3.79. The third-order valence-electron chi connectivity index (χ3n) is 4.35. The number of hydrogen-bond acceptors (Lipinski definition) is 4. The minimum absolute atomic E-state index is 0.173. The van der Waals surface area contributed by atoms with Gasteiger partial charge in [0.25, 0.3) is 5.91 Å². The van der Waals surface area contributed by atoms with Crippen molar-refractivity contribution in [3.63, 3.8) is 0 Å². The van der Waals surface area contributed by atoms with E-state index in [4.69, 9.17) is 0 Å². The lowest BCUT2D eigenvalue weighted by atomic mass is 10.2. The predicted molar refractivity (Wildman–Crippen MR) is 101 cm³/mol. The molecule has 1 aromatic heterocycles. The van der Waals surface area contributed by atoms with E-state index >= 15 is 0 Å². The number of sulfonamides is 1. The summed E-state index contributed by atoms with van der Waals surface area (Å²) in [7, 11) is -3.44. The number of benzene rings is 1. The van der Waals surface area contributed by atoms with Gasteiger partial charge in [0.15, 0.2) is 0 Å². The van der Waals surface area contributed by atoms with E-state index in [0.29, 0.717) is 24.3 Å². The Kier molecular flexibility index (Phi) is 5.27. The lowest BCUT2D eigenvalue weighted by molar-refractivity contribution is 0.102. The minimum atomic E-state index is -3.44. The number of carbonyl (C=O) groups is 1. The standard InChI is InChI=1S/C18H22N2O3S2/c1-13-12-17(14(2)24-13)18(21)19-15-6-8-16(9-7-15)25(22,23)20-10-4-3-5-11-20/h6-9,12H,3-5,10-11H2,1-2H3,(H,19,21). The Morgan fingerprint density at radius 1 is 1.08 bits per heavy atom. The van der Waals surface area contributed by atoms with Gasteiger partial charge in [-0.1, -0.05) is 6.42 Å². The SMILES string of the molecule is Cc1cc(C(=O)Nc2ccc(S(=O)(=O)N3CCCCC3)cc2)c(C)s1. The molecule has 1 aliphatic rings. The van der Waals surface area contributed by atoms with Crippen molar-refractivity contribution in [2.24, 2.45) is 0 Å². The van der Waals surface area contributed by atoms with Crippen molar-refractivity contribution < 1.29 is 13.2 Å². The molecule has 0 aliphatic carbocycles. The van der Waals surface area contributed by atoms with Crippen LogP contribution >= 0.6 is 11.3 Å². The Balaban J connectivity index is 1.74. The number of anilines is 1. The Labute approximate surface area is 152 Å². The zero-order chi connectivity index (χ0) is 18.0. The molecule has 1 N–H and O–H groups in total. The molecule has 2 heterocycles. The maximum Gasteiger partial charge on any atom is 0.256 e. The number of nitrogens with one attached hydrogen (secondary N) is 1. The monoisotopic (exact) mass is 378 g/mol. The third-order valence-corrected chi connectivity index (χ3v) is 7.23. The summed E-state index contributed by atoms with van der Waals surface area (Å²) >= 11 is 1.58. The van der Waals surface area contributed by atoms with Crippen molar-refractivity contribution in [2.45, 2.75) is 38.0 Å². The molecule has 3 rings (SSSR count). The summed E-state index contributed by atoms with van der Waals surface area (Å²) in [6.45, 7) is 5.05. The molecule has 1 fully saturated rings. The van der Waals surface area contributed by atoms with E-state index in [1.165, 1.54) is 0 Å². The number of amides is 1. The highest BCUT2D eigenvalue weighted by Crippen LogP contribution is 2.24. The summed E-state index contributed by atoms with van der Waals surface area (Å²) in [5, 5.41) is 2.83. The molecule has 1 aliphatic heterocycles. The second-order valence-electron chi connectivity index (χ2n) is 6.27. The van der Waals surface area contributed by atoms with Crippen LogP contribution in [0.5, 0.6) is 0 Å². The second-order valence-corrected chi connectivity index (χ2v) is 9.67. The molecule has 5 nitrogen and oxygen atoms in total. The molecule has 0 atom stereocenters. The fourth-order valence-electron chi connectivity index (χ4n) is 3.02. The van der Waals surface area contributed by atoms with Crippen LogP contribution in [-0.4, -0.2) is 31.7 Å². The number of thiophene rings is 1. The largest absolute Gasteiger partial charge is 0.322 e. The Morgan fingerprint density at radius 3 is 2.28 bits per heavy atom. The van der Waals surface area contributed by atoms with Gasteiger partial charge in [-0.15, -0.1) is 11.3 Å². The lowest BCUT2D eigenvalue weighted by Crippen LogP contribution is -2.35. The highest BCUT2D eigenvalue weighted by Gasteiger charge is 2.25. The molecular formula is C18H22N2O3S2. The van der Waals surface area contributed by atoms with Gasteiger partial charge in [0.1, 0.15) is 0 Å². The van der Waals surface area contributed by atoms with Crippen molar-refractivity contribution in [2.75, 3.05) is 18.4 Å². The van der Waals surface area contributed by atoms with Gasteiger partial charge in [-0.2, -0.15) is 4.31 Å². The lowest BCUT2D eigenvalue weighted by Gasteiger charge is -2.25. The highest BCUT2D eigenvalue weighted by molar-refractivity contribution is 7.89. The van der Waals surface area contributed by atoms with Gasteiger partial charge < -0.3 is 5.32 Å². The first kappa shape index (κ1) is 18.1. The zero-order valence-corrected chi connectivity index (χ0v) is 16.0. The summed E-state index contributed by atoms with van der Waals surface area (Å²) in [5.74, 6) is -0.173. The molecule has 134 valence electrons. The molecular weight excluding hydrogens is 356 g/mol. The van der Waals surface area contributed by atoms with Gasteiger partial charge >= 0.3 is 0 Å². The molecule has 0 radical (unpaired) electrons. The Bertz CT molecular complexity index is 864. The zero-order valence-electron chi connectivity index (χ0n) is 14.4. The average molecular weight is 379 g/mol. The highest BCUT2D eigenvalue weighted by atomic mass is 32.2. The summed E-state index contributed by atoms with van der Waals surface area (Å²) < 4.78 is 26.8. The third kappa shape index (κ3) is 3.94. The first-order valence-electron chi connectivity index (χ1n) is 8.36. The van der Waals surface area contributed by atoms with Gasteiger partial charge in [-0.25, -0.2) is 8.42 Å². The second kappa shape index (κ2) is 7.27. The number of carbonyl (C=O) groups excluding carboxylic acids is 1. The molecule has 0 unspecified atom stereocenters. The van der Waals surface area contributed by atoms with Crippen LogP contribution in [0, 0.1) is 13.8 Å². The van der Waals surface area contributed by atoms with E-state index in [9.17, 15) is 13.2 Å². The smallest absolute Gasteiger partial charge is 0.256 e. The van der Waals surface area contributed by atoms with Crippen LogP contribution in [0.25, 0.3) is 0 Å². The topological polar surface area (TPSA) is 66.5 Å². The Morgan fingerprint density at radius 2 is 1.72 bits per heavy atom. The van der Waals surface area contributed by atoms with Gasteiger partial charge in [-0.3, -0.25) is 4.79 Å². The van der Waals surface area contributed by atoms with Crippen molar-refractivity contribution in [3.05, 3.63) is 45.6 Å². The number of aryl methyl sites for hydroxylation is 2. The van der Waals surface area contributed by atoms with E-state index in [1.807, 2.05) is 19.9 Å². The van der Waals surface area contributed by atoms with Crippen molar-refractivity contribution >= 4 is 33.0 Å². The van der Waals surface area contributed by atoms with Crippen molar-refractivity contribution in [1.82, 2.24) is 4.31 Å². The molecule has 0 saturated carbocycles. The van der Waals surface area contributed by atoms with Crippen LogP contribution < -0.4 is 5.32 Å². The molecule has 25 heavy (non-hydrogen) atoms. The number of nitrogens with zero attached hydrogens (tertiary/aromatic N) is 1. The minimum Gasteiger partial charge on any atom is -0.322 e. The van der Waals surface area contributed by atoms with Crippen LogP contribution in [0.1, 0.15) is 39.4 Å². The average Bonchev–Trinajstić information content (AvgIpc) is 2.94. The summed E-state index contributed by atoms with van der Waals surface area (Å²) in [4.78, 5) is 14.7. The van der Waals surface area contributed by atoms with Crippen LogP contribution in [0.4, 0.5) is 5.69 Å². The molecule has 0 bridgehead atoms. The maximum absolute atomic E-state index is 12.6. The summed E-state index contributed by atoms with van der Waals surface area (Å²) in [6.07, 6.45) is 2.90. The fourth-order valence-corrected chi connectivity index (χ4v) is 5.46. The van der Waals surface area contributed by atoms with Gasteiger partial charge in [0, 0.05) is 28.5 Å². The summed E-state index contributed by atoms with van der Waals surface area (Å²) in [5.41, 5.74) is 1.25. The van der Waals surface area contributed by atoms with Gasteiger partial charge in [0.05, 0.1) is 10.5 Å². The van der Waals surface area contributed by atoms with Gasteiger partial charge in [0.2, 0.25) is 10.0 Å². The van der Waals surface area contributed by atoms with E-state index in [-0.39, 0.29) is 10.8 Å². The van der Waals surface area contributed by atoms with Crippen LogP contribution in [0.3, 0.4) is 0 Å². The van der Waals surface area contributed by atoms with Crippen molar-refractivity contribution in [1.29, 1.82) is 0 Å². The first-order chi connectivity index (χ1) is 11.9. The molecule has 0 spiro atoms. The van der Waals surface area contributed by atoms with E-state index in [1.54, 1.807) is 39.9 Å². The molecule has 1 saturated heterocycles. The molecule has 7 heteroatoms. The van der Waals surface area contributed by atoms with Crippen LogP contribution in [0.15, 0.2) is 35.2 Å². The summed E-state index contributed by atoms with van der Waals surface area (Å²) in [6, 6.07) is 8.27. The van der Waals surface area contributed by atoms with E-state index < -0.39 is 10.0 Å². The van der Waals surface area contributed by atoms with E-state index in [2.05, 4.69) is 5.32 Å². The number of piperidine rings is 1. The van der Waals surface area contributed by atoms with Crippen molar-refractivity contribution in [3.8, 4) is 0 Å². The first-order valence-corrected chi connectivity index (χ1v) is 10.6. The number of rotatable bonds is 4. The molecule has 2 aromatic rings. The fraction of sp³-hybridized carbons (Fsp3) is 0.389. The molecule has 1 aromatic carbocycles. The number of hydrogen-bond donors (Lipinski definition) is 1. The Hall–Kier alpha value is -1.70. The maximum atomic E-state index is 12.6. The van der Waals surface area contributed by atoms with Crippen LogP contribution in [-0.2, 0) is 10.0 Å². The van der Waals surface area contributed by atoms with E-state index in [0.717, 1.165) is 29.0 Å². The van der Waals surface area contributed by atoms with Gasteiger partial charge in [-0.05, 0) is 57.0 Å². The molecule has 1 amide bonds. The quantitative estimate of drug-likeness (QED) is 0.880. The normalized spacial score (nSPS) is 15.9. The van der Waals surface area contributed by atoms with Crippen LogP contribution in [0.2, 0.25) is 0 Å².